The van der Waals surface area contributed by atoms with Crippen molar-refractivity contribution in [2.75, 3.05) is 103 Å². The number of rotatable bonds is 18. The van der Waals surface area contributed by atoms with E-state index in [2.05, 4.69) is 247 Å². The number of hydrogen-bond donors (Lipinski definition) is 0. The van der Waals surface area contributed by atoms with E-state index in [1.807, 2.05) is 72.7 Å². The van der Waals surface area contributed by atoms with Crippen LogP contribution in [0.4, 0.5) is 0 Å². The van der Waals surface area contributed by atoms with Crippen LogP contribution >= 0.6 is 58.8 Å². The molecule has 0 rings (SSSR count). The molecule has 0 aliphatic rings. The molecule has 11 heteroatoms. The molecular formula is C69H162O6S5. The Bertz CT molecular complexity index is 1040. The van der Waals surface area contributed by atoms with Gasteiger partial charge in [-0.1, -0.05) is 185 Å². The lowest BCUT2D eigenvalue weighted by atomic mass is 9.79. The van der Waals surface area contributed by atoms with E-state index in [4.69, 9.17) is 33.9 Å². The molecule has 0 fully saturated rings. The molecule has 0 aliphatic heterocycles. The van der Waals surface area contributed by atoms with E-state index in [1.54, 1.807) is 28.4 Å². The highest BCUT2D eigenvalue weighted by atomic mass is 32.2. The molecule has 0 bridgehead atoms. The van der Waals surface area contributed by atoms with Crippen LogP contribution in [0.15, 0.2) is 0 Å². The first kappa shape index (κ1) is 97.8. The van der Waals surface area contributed by atoms with Crippen LogP contribution in [-0.2, 0) is 28.4 Å². The Kier molecular flexibility index (Phi) is 81.2. The molecule has 0 aromatic heterocycles. The summed E-state index contributed by atoms with van der Waals surface area (Å²) in [4.78, 5) is 0. The third-order valence-electron chi connectivity index (χ3n) is 12.7. The summed E-state index contributed by atoms with van der Waals surface area (Å²) < 4.78 is 59.3. The lowest BCUT2D eigenvalue weighted by Crippen LogP contribution is -2.38. The Labute approximate surface area is 540 Å². The largest absolute Gasteiger partial charge is 0.385 e. The number of methoxy groups -OCH3 is 4. The van der Waals surface area contributed by atoms with Gasteiger partial charge in [-0.3, -0.25) is 0 Å². The molecule has 0 aliphatic carbocycles. The Morgan fingerprint density at radius 3 is 0.613 bits per heavy atom. The second-order valence-electron chi connectivity index (χ2n) is 26.6. The van der Waals surface area contributed by atoms with Crippen molar-refractivity contribution in [2.45, 2.75) is 326 Å². The van der Waals surface area contributed by atoms with E-state index < -0.39 is 12.7 Å². The van der Waals surface area contributed by atoms with Gasteiger partial charge in [0.2, 0.25) is 0 Å². The molecular weight excluding hydrogens is 1090 g/mol. The minimum absolute atomic E-state index is 0.0156. The number of ether oxygens (including phenoxy) is 6. The molecule has 0 unspecified atom stereocenters. The highest BCUT2D eigenvalue weighted by molar-refractivity contribution is 8.00. The van der Waals surface area contributed by atoms with Crippen molar-refractivity contribution in [3.8, 4) is 0 Å². The highest BCUT2D eigenvalue weighted by Crippen LogP contribution is 2.40. The van der Waals surface area contributed by atoms with E-state index in [0.29, 0.717) is 20.3 Å². The van der Waals surface area contributed by atoms with Gasteiger partial charge in [0.1, 0.15) is 0 Å². The highest BCUT2D eigenvalue weighted by Gasteiger charge is 2.34. The van der Waals surface area contributed by atoms with E-state index in [1.165, 1.54) is 49.7 Å². The van der Waals surface area contributed by atoms with E-state index in [9.17, 15) is 0 Å². The summed E-state index contributed by atoms with van der Waals surface area (Å²) in [7, 11) is 6.93. The van der Waals surface area contributed by atoms with E-state index >= 15 is 0 Å². The first-order valence-electron chi connectivity index (χ1n) is 32.2. The second kappa shape index (κ2) is 66.5. The SMILES string of the molecule is CC(C)(C)OC(C)(C)C.CCCOC.CCCOC.CCCSC.CCCSC.CCOCC.CCSCC.COC(C)(C)C(C)(C)C.COC(C)(C)C(C)(C)C.CSC(C)(C)C(C)(C)C.CSC(C)(C)C(C)(C)C.[2H]C([2H])(C)CC([2H])([2H])C. The first-order chi connectivity index (χ1) is 37.1. The van der Waals surface area contributed by atoms with Gasteiger partial charge in [-0.25, -0.2) is 0 Å². The molecule has 0 radical (unpaired) electrons. The lowest BCUT2D eigenvalue weighted by Gasteiger charge is -2.37. The predicted octanol–water partition coefficient (Wildman–Crippen LogP) is 24.5. The Morgan fingerprint density at radius 2 is 0.613 bits per heavy atom. The number of thioether (sulfide) groups is 5. The predicted molar refractivity (Wildman–Crippen MR) is 393 cm³/mol. The Morgan fingerprint density at radius 1 is 0.362 bits per heavy atom. The van der Waals surface area contributed by atoms with Crippen LogP contribution in [0, 0.1) is 21.7 Å². The van der Waals surface area contributed by atoms with Crippen LogP contribution in [0.2, 0.25) is 0 Å². The summed E-state index contributed by atoms with van der Waals surface area (Å²) in [6.07, 6.45) is 10.6. The molecule has 0 spiro atoms. The maximum atomic E-state index is 7.01. The standard InChI is InChI=1S/3C8H18O.2C8H18S.C5H12.3C4H10O.3C4H10S/c2*1-7(2,3)8(4,5)9-6;1-7(2,3)9-8(4,5)6;2*1-7(2,3)8(4,5)9-6;1-3-5-4-2;2*1-3-4-5-2;1-3-5-4-2;2*1-3-4-5-2;1-3-5-4-2/h5*1-6H3;3-5H2,1-2H3;6*3-4H2,1-2H3/i;;;;;3D2,4D2;;;;;;. The summed E-state index contributed by atoms with van der Waals surface area (Å²) in [5, 5.41) is 0. The first-order valence-corrected chi connectivity index (χ1v) is 36.6. The van der Waals surface area contributed by atoms with E-state index in [0.717, 1.165) is 39.3 Å². The van der Waals surface area contributed by atoms with Crippen LogP contribution in [0.1, 0.15) is 300 Å². The number of hydrogen-bond acceptors (Lipinski definition) is 11. The van der Waals surface area contributed by atoms with Crippen molar-refractivity contribution in [3.63, 3.8) is 0 Å². The normalized spacial score (nSPS) is 12.7. The lowest BCUT2D eigenvalue weighted by molar-refractivity contribution is -0.102. The summed E-state index contributed by atoms with van der Waals surface area (Å²) in [5.74, 6) is 5.13. The van der Waals surface area contributed by atoms with Gasteiger partial charge in [-0.05, 0) is 178 Å². The Hall–Kier alpha value is 1.51. The Balaban J connectivity index is -0.0000000680. The average Bonchev–Trinajstić information content (AvgIpc) is 3.29. The fourth-order valence-electron chi connectivity index (χ4n) is 3.54. The van der Waals surface area contributed by atoms with Gasteiger partial charge in [-0.15, -0.1) is 0 Å². The minimum Gasteiger partial charge on any atom is -0.385 e. The van der Waals surface area contributed by atoms with Crippen molar-refractivity contribution >= 4 is 58.8 Å². The fourth-order valence-corrected chi connectivity index (χ4v) is 5.99. The third kappa shape index (κ3) is 101. The molecule has 0 N–H and O–H groups in total. The average molecular weight is 1250 g/mol. The van der Waals surface area contributed by atoms with Crippen molar-refractivity contribution in [1.29, 1.82) is 0 Å². The monoisotopic (exact) mass is 1250 g/mol. The summed E-state index contributed by atoms with van der Waals surface area (Å²) in [6, 6.07) is 0. The van der Waals surface area contributed by atoms with Crippen molar-refractivity contribution < 1.29 is 33.9 Å². The molecule has 504 valence electrons. The van der Waals surface area contributed by atoms with Crippen LogP contribution in [0.25, 0.3) is 0 Å². The molecule has 0 aromatic rings. The van der Waals surface area contributed by atoms with Gasteiger partial charge in [0.25, 0.3) is 0 Å². The molecule has 0 amide bonds. The van der Waals surface area contributed by atoms with Gasteiger partial charge < -0.3 is 28.4 Å². The maximum Gasteiger partial charge on any atom is 0.0670 e. The van der Waals surface area contributed by atoms with Gasteiger partial charge >= 0.3 is 0 Å². The smallest absolute Gasteiger partial charge is 0.0670 e. The molecule has 6 nitrogen and oxygen atoms in total. The van der Waals surface area contributed by atoms with Crippen LogP contribution in [0.3, 0.4) is 0 Å². The molecule has 0 aromatic carbocycles. The van der Waals surface area contributed by atoms with Crippen molar-refractivity contribution in [2.24, 2.45) is 21.7 Å². The van der Waals surface area contributed by atoms with Gasteiger partial charge in [0.15, 0.2) is 0 Å². The van der Waals surface area contributed by atoms with Crippen LogP contribution in [-0.4, -0.2) is 135 Å². The fraction of sp³-hybridized carbons (Fsp3) is 1.00. The van der Waals surface area contributed by atoms with Crippen molar-refractivity contribution in [3.05, 3.63) is 0 Å². The topological polar surface area (TPSA) is 55.4 Å². The van der Waals surface area contributed by atoms with Crippen LogP contribution < -0.4 is 0 Å². The molecule has 0 atom stereocenters. The zero-order valence-electron chi connectivity index (χ0n) is 67.7. The van der Waals surface area contributed by atoms with Crippen LogP contribution in [0.5, 0.6) is 0 Å². The molecule has 80 heavy (non-hydrogen) atoms. The van der Waals surface area contributed by atoms with Gasteiger partial charge in [-0.2, -0.15) is 58.8 Å². The van der Waals surface area contributed by atoms with Gasteiger partial charge in [0, 0.05) is 69.8 Å². The summed E-state index contributed by atoms with van der Waals surface area (Å²) in [6.45, 7) is 79.8. The summed E-state index contributed by atoms with van der Waals surface area (Å²) >= 11 is 9.63. The zero-order chi connectivity index (χ0) is 71.0. The quantitative estimate of drug-likeness (QED) is 0.132. The van der Waals surface area contributed by atoms with E-state index in [-0.39, 0.29) is 39.7 Å². The van der Waals surface area contributed by atoms with Crippen molar-refractivity contribution in [1.82, 2.24) is 0 Å². The van der Waals surface area contributed by atoms with Gasteiger partial charge in [0.05, 0.1) is 22.4 Å². The molecule has 0 heterocycles. The third-order valence-corrected chi connectivity index (χ3v) is 18.4. The molecule has 0 saturated carbocycles. The minimum atomic E-state index is -1.39. The second-order valence-corrected chi connectivity index (χ2v) is 33.0. The zero-order valence-corrected chi connectivity index (χ0v) is 67.8. The maximum absolute atomic E-state index is 7.01. The molecule has 0 saturated heterocycles. The summed E-state index contributed by atoms with van der Waals surface area (Å²) in [5.41, 5.74) is 1.19.